The molecule has 0 saturated heterocycles. The lowest BCUT2D eigenvalue weighted by Crippen LogP contribution is -1.81. The van der Waals surface area contributed by atoms with Crippen LogP contribution < -0.4 is 5.73 Å². The highest BCUT2D eigenvalue weighted by Gasteiger charge is 2.12. The van der Waals surface area contributed by atoms with Gasteiger partial charge in [-0.1, -0.05) is 5.10 Å². The molecule has 0 unspecified atom stereocenters. The minimum atomic E-state index is 0.0632. The molecule has 2 N–H and O–H groups in total. The highest BCUT2D eigenvalue weighted by molar-refractivity contribution is 5.56. The normalized spacial score (nSPS) is 10.6. The van der Waals surface area contributed by atoms with Gasteiger partial charge >= 0.3 is 6.01 Å². The first-order valence-electron chi connectivity index (χ1n) is 3.83. The maximum absolute atomic E-state index is 5.31. The van der Waals surface area contributed by atoms with E-state index in [-0.39, 0.29) is 6.01 Å². The van der Waals surface area contributed by atoms with Crippen molar-refractivity contribution in [1.82, 2.24) is 10.2 Å². The van der Waals surface area contributed by atoms with Crippen molar-refractivity contribution in [2.24, 2.45) is 0 Å². The summed E-state index contributed by atoms with van der Waals surface area (Å²) in [6.07, 6.45) is 0. The number of furan rings is 1. The summed E-state index contributed by atoms with van der Waals surface area (Å²) in [7, 11) is 0. The smallest absolute Gasteiger partial charge is 0.313 e. The van der Waals surface area contributed by atoms with Gasteiger partial charge in [0.15, 0.2) is 0 Å². The Morgan fingerprint density at radius 1 is 1.23 bits per heavy atom. The third-order valence-electron chi connectivity index (χ3n) is 1.71. The van der Waals surface area contributed by atoms with Gasteiger partial charge in [0.1, 0.15) is 11.5 Å². The van der Waals surface area contributed by atoms with Gasteiger partial charge in [-0.3, -0.25) is 0 Å². The van der Waals surface area contributed by atoms with Crippen molar-refractivity contribution in [2.75, 3.05) is 5.73 Å². The largest absolute Gasteiger partial charge is 0.466 e. The predicted molar refractivity (Wildman–Crippen MR) is 45.9 cm³/mol. The standard InChI is InChI=1S/C8H9N3O2/c1-4-3-6(5(2)12-4)7-10-11-8(9)13-7/h3H,1-2H3,(H2,9,11). The van der Waals surface area contributed by atoms with Crippen LogP contribution in [0.5, 0.6) is 0 Å². The van der Waals surface area contributed by atoms with E-state index < -0.39 is 0 Å². The Morgan fingerprint density at radius 2 is 2.00 bits per heavy atom. The summed E-state index contributed by atoms with van der Waals surface area (Å²) in [5.41, 5.74) is 6.10. The molecule has 2 aromatic heterocycles. The van der Waals surface area contributed by atoms with Gasteiger partial charge in [-0.2, -0.15) is 0 Å². The molecular formula is C8H9N3O2. The number of rotatable bonds is 1. The minimum Gasteiger partial charge on any atom is -0.466 e. The van der Waals surface area contributed by atoms with Crippen LogP contribution in [0.3, 0.4) is 0 Å². The highest BCUT2D eigenvalue weighted by atomic mass is 16.4. The molecule has 0 aromatic carbocycles. The Labute approximate surface area is 74.6 Å². The van der Waals surface area contributed by atoms with Crippen molar-refractivity contribution in [3.05, 3.63) is 17.6 Å². The molecule has 5 nitrogen and oxygen atoms in total. The van der Waals surface area contributed by atoms with Gasteiger partial charge in [-0.25, -0.2) is 0 Å². The fourth-order valence-electron chi connectivity index (χ4n) is 1.19. The quantitative estimate of drug-likeness (QED) is 0.718. The average molecular weight is 179 g/mol. The lowest BCUT2D eigenvalue weighted by atomic mass is 10.2. The predicted octanol–water partition coefficient (Wildman–Crippen LogP) is 1.53. The van der Waals surface area contributed by atoms with E-state index in [9.17, 15) is 0 Å². The first kappa shape index (κ1) is 7.85. The summed E-state index contributed by atoms with van der Waals surface area (Å²) in [5, 5.41) is 7.32. The second-order valence-electron chi connectivity index (χ2n) is 2.77. The van der Waals surface area contributed by atoms with Gasteiger partial charge in [0.2, 0.25) is 0 Å². The van der Waals surface area contributed by atoms with E-state index in [2.05, 4.69) is 10.2 Å². The van der Waals surface area contributed by atoms with Crippen LogP contribution in [0.2, 0.25) is 0 Å². The molecule has 0 spiro atoms. The van der Waals surface area contributed by atoms with Gasteiger partial charge in [-0.15, -0.1) is 5.10 Å². The number of aryl methyl sites for hydroxylation is 2. The van der Waals surface area contributed by atoms with Crippen LogP contribution in [0.25, 0.3) is 11.5 Å². The molecule has 2 aromatic rings. The van der Waals surface area contributed by atoms with Crippen molar-refractivity contribution in [1.29, 1.82) is 0 Å². The minimum absolute atomic E-state index is 0.0632. The van der Waals surface area contributed by atoms with E-state index in [4.69, 9.17) is 14.6 Å². The number of nitrogens with zero attached hydrogens (tertiary/aromatic N) is 2. The fraction of sp³-hybridized carbons (Fsp3) is 0.250. The molecule has 68 valence electrons. The van der Waals surface area contributed by atoms with Crippen LogP contribution in [0.4, 0.5) is 6.01 Å². The van der Waals surface area contributed by atoms with Gasteiger partial charge in [0, 0.05) is 0 Å². The number of nitrogen functional groups attached to an aromatic ring is 1. The molecule has 0 aliphatic heterocycles. The van der Waals surface area contributed by atoms with E-state index >= 15 is 0 Å². The van der Waals surface area contributed by atoms with E-state index in [1.807, 2.05) is 19.9 Å². The van der Waals surface area contributed by atoms with Crippen molar-refractivity contribution < 1.29 is 8.83 Å². The summed E-state index contributed by atoms with van der Waals surface area (Å²) >= 11 is 0. The lowest BCUT2D eigenvalue weighted by molar-refractivity contribution is 0.503. The maximum Gasteiger partial charge on any atom is 0.313 e. The van der Waals surface area contributed by atoms with Crippen LogP contribution >= 0.6 is 0 Å². The van der Waals surface area contributed by atoms with Crippen LogP contribution in [-0.4, -0.2) is 10.2 Å². The number of aromatic nitrogens is 2. The third kappa shape index (κ3) is 1.28. The molecule has 0 saturated carbocycles. The van der Waals surface area contributed by atoms with E-state index in [1.54, 1.807) is 0 Å². The molecular weight excluding hydrogens is 170 g/mol. The summed E-state index contributed by atoms with van der Waals surface area (Å²) < 4.78 is 10.4. The van der Waals surface area contributed by atoms with Crippen LogP contribution in [-0.2, 0) is 0 Å². The number of hydrogen-bond acceptors (Lipinski definition) is 5. The molecule has 2 heterocycles. The number of hydrogen-bond donors (Lipinski definition) is 1. The topological polar surface area (TPSA) is 78.1 Å². The second-order valence-corrected chi connectivity index (χ2v) is 2.77. The van der Waals surface area contributed by atoms with Crippen molar-refractivity contribution in [3.8, 4) is 11.5 Å². The van der Waals surface area contributed by atoms with Gasteiger partial charge in [0.25, 0.3) is 5.89 Å². The lowest BCUT2D eigenvalue weighted by Gasteiger charge is -1.87. The first-order valence-corrected chi connectivity index (χ1v) is 3.83. The van der Waals surface area contributed by atoms with E-state index in [0.29, 0.717) is 5.89 Å². The second kappa shape index (κ2) is 2.62. The van der Waals surface area contributed by atoms with E-state index in [1.165, 1.54) is 0 Å². The number of nitrogens with two attached hydrogens (primary N) is 1. The molecule has 5 heteroatoms. The molecule has 0 fully saturated rings. The summed E-state index contributed by atoms with van der Waals surface area (Å²) in [6.45, 7) is 3.69. The molecule has 0 aliphatic carbocycles. The first-order chi connectivity index (χ1) is 6.16. The summed E-state index contributed by atoms with van der Waals surface area (Å²) in [6, 6.07) is 1.90. The van der Waals surface area contributed by atoms with Gasteiger partial charge < -0.3 is 14.6 Å². The van der Waals surface area contributed by atoms with E-state index in [0.717, 1.165) is 17.1 Å². The third-order valence-corrected chi connectivity index (χ3v) is 1.71. The Bertz CT molecular complexity index is 430. The SMILES string of the molecule is Cc1cc(-c2nnc(N)o2)c(C)o1. The molecule has 0 atom stereocenters. The van der Waals surface area contributed by atoms with Crippen LogP contribution in [0, 0.1) is 13.8 Å². The molecule has 13 heavy (non-hydrogen) atoms. The van der Waals surface area contributed by atoms with Gasteiger partial charge in [-0.05, 0) is 19.9 Å². The Kier molecular flexibility index (Phi) is 1.58. The number of anilines is 1. The zero-order valence-electron chi connectivity index (χ0n) is 7.37. The molecule has 0 radical (unpaired) electrons. The van der Waals surface area contributed by atoms with Crippen LogP contribution in [0.15, 0.2) is 14.9 Å². The van der Waals surface area contributed by atoms with Crippen molar-refractivity contribution in [3.63, 3.8) is 0 Å². The zero-order valence-corrected chi connectivity index (χ0v) is 7.37. The van der Waals surface area contributed by atoms with Crippen molar-refractivity contribution in [2.45, 2.75) is 13.8 Å². The summed E-state index contributed by atoms with van der Waals surface area (Å²) in [4.78, 5) is 0. The Hall–Kier alpha value is -1.78. The maximum atomic E-state index is 5.31. The molecule has 0 bridgehead atoms. The molecule has 0 aliphatic rings. The van der Waals surface area contributed by atoms with Crippen molar-refractivity contribution >= 4 is 6.01 Å². The average Bonchev–Trinajstić information content (AvgIpc) is 2.58. The Morgan fingerprint density at radius 3 is 2.46 bits per heavy atom. The monoisotopic (exact) mass is 179 g/mol. The molecule has 2 rings (SSSR count). The highest BCUT2D eigenvalue weighted by Crippen LogP contribution is 2.25. The summed E-state index contributed by atoms with van der Waals surface area (Å²) in [5.74, 6) is 1.96. The Balaban J connectivity index is 2.51. The van der Waals surface area contributed by atoms with Gasteiger partial charge in [0.05, 0.1) is 5.56 Å². The molecule has 0 amide bonds. The fourth-order valence-corrected chi connectivity index (χ4v) is 1.19. The van der Waals surface area contributed by atoms with Crippen LogP contribution in [0.1, 0.15) is 11.5 Å². The zero-order chi connectivity index (χ0) is 9.42.